The average molecular weight is 156 g/mol. The molecule has 0 radical (unpaired) electrons. The number of hydrogen-bond donors (Lipinski definition) is 2. The fourth-order valence-electron chi connectivity index (χ4n) is 1.81. The van der Waals surface area contributed by atoms with Crippen molar-refractivity contribution in [3.8, 4) is 0 Å². The van der Waals surface area contributed by atoms with Gasteiger partial charge in [-0.25, -0.2) is 0 Å². The second kappa shape index (κ2) is 2.95. The van der Waals surface area contributed by atoms with Gasteiger partial charge in [-0.15, -0.1) is 0 Å². The van der Waals surface area contributed by atoms with Crippen LogP contribution in [0.5, 0.6) is 0 Å². The summed E-state index contributed by atoms with van der Waals surface area (Å²) >= 11 is 0. The number of allylic oxidation sites excluding steroid dienone is 1. The second-order valence-electron chi connectivity index (χ2n) is 3.76. The summed E-state index contributed by atoms with van der Waals surface area (Å²) in [7, 11) is 0. The minimum Gasteiger partial charge on any atom is -0.396 e. The van der Waals surface area contributed by atoms with Crippen molar-refractivity contribution >= 4 is 0 Å². The van der Waals surface area contributed by atoms with Crippen LogP contribution in [-0.4, -0.2) is 23.4 Å². The van der Waals surface area contributed by atoms with E-state index in [1.54, 1.807) is 0 Å². The topological polar surface area (TPSA) is 40.5 Å². The number of hydrogen-bond acceptors (Lipinski definition) is 2. The molecule has 64 valence electrons. The lowest BCUT2D eigenvalue weighted by atomic mass is 9.87. The molecule has 1 fully saturated rings. The van der Waals surface area contributed by atoms with E-state index in [9.17, 15) is 0 Å². The highest BCUT2D eigenvalue weighted by Crippen LogP contribution is 2.43. The molecule has 0 aliphatic heterocycles. The maximum absolute atomic E-state index is 9.05. The summed E-state index contributed by atoms with van der Waals surface area (Å²) < 4.78 is 0. The summed E-state index contributed by atoms with van der Waals surface area (Å²) in [6, 6.07) is 0. The maximum atomic E-state index is 9.05. The van der Waals surface area contributed by atoms with Gasteiger partial charge in [0.2, 0.25) is 0 Å². The van der Waals surface area contributed by atoms with E-state index in [4.69, 9.17) is 10.2 Å². The van der Waals surface area contributed by atoms with E-state index in [1.807, 2.05) is 0 Å². The van der Waals surface area contributed by atoms with Gasteiger partial charge in [-0.05, 0) is 18.8 Å². The van der Waals surface area contributed by atoms with E-state index in [1.165, 1.54) is 0 Å². The quantitative estimate of drug-likeness (QED) is 0.584. The minimum atomic E-state index is -0.267. The maximum Gasteiger partial charge on any atom is 0.0512 e. The fourth-order valence-corrected chi connectivity index (χ4v) is 1.81. The average Bonchev–Trinajstić information content (AvgIpc) is 2.29. The van der Waals surface area contributed by atoms with Crippen LogP contribution in [0.3, 0.4) is 0 Å². The highest BCUT2D eigenvalue weighted by molar-refractivity contribution is 5.12. The van der Waals surface area contributed by atoms with E-state index >= 15 is 0 Å². The van der Waals surface area contributed by atoms with Crippen molar-refractivity contribution in [1.29, 1.82) is 0 Å². The Morgan fingerprint density at radius 3 is 2.27 bits per heavy atom. The number of rotatable bonds is 2. The normalized spacial score (nSPS) is 29.4. The third kappa shape index (κ3) is 1.47. The molecule has 0 heterocycles. The van der Waals surface area contributed by atoms with Crippen LogP contribution in [0.1, 0.15) is 19.8 Å². The van der Waals surface area contributed by atoms with Gasteiger partial charge in [-0.3, -0.25) is 0 Å². The highest BCUT2D eigenvalue weighted by Gasteiger charge is 2.38. The Kier molecular flexibility index (Phi) is 2.35. The zero-order chi connectivity index (χ0) is 8.48. The molecule has 1 rings (SSSR count). The molecule has 1 aliphatic carbocycles. The monoisotopic (exact) mass is 156 g/mol. The van der Waals surface area contributed by atoms with E-state index < -0.39 is 0 Å². The van der Waals surface area contributed by atoms with Crippen molar-refractivity contribution < 1.29 is 10.2 Å². The van der Waals surface area contributed by atoms with E-state index in [0.29, 0.717) is 5.92 Å². The molecule has 0 aromatic heterocycles. The molecule has 0 saturated heterocycles. The Hall–Kier alpha value is -0.340. The van der Waals surface area contributed by atoms with Gasteiger partial charge in [0.05, 0.1) is 13.2 Å². The number of aliphatic hydroxyl groups excluding tert-OH is 2. The first-order valence-corrected chi connectivity index (χ1v) is 4.03. The Morgan fingerprint density at radius 2 is 2.09 bits per heavy atom. The van der Waals surface area contributed by atoms with Crippen molar-refractivity contribution in [3.63, 3.8) is 0 Å². The zero-order valence-corrected chi connectivity index (χ0v) is 7.01. The Bertz CT molecular complexity index is 159. The summed E-state index contributed by atoms with van der Waals surface area (Å²) in [6.07, 6.45) is 1.65. The lowest BCUT2D eigenvalue weighted by molar-refractivity contribution is 0.0590. The molecular weight excluding hydrogens is 140 g/mol. The molecule has 0 spiro atoms. The van der Waals surface area contributed by atoms with Crippen molar-refractivity contribution in [2.45, 2.75) is 19.8 Å². The molecule has 0 amide bonds. The van der Waals surface area contributed by atoms with Gasteiger partial charge in [0.1, 0.15) is 0 Å². The first-order valence-electron chi connectivity index (χ1n) is 4.03. The van der Waals surface area contributed by atoms with Gasteiger partial charge in [-0.1, -0.05) is 19.1 Å². The largest absolute Gasteiger partial charge is 0.396 e. The van der Waals surface area contributed by atoms with Crippen LogP contribution in [0.15, 0.2) is 12.2 Å². The molecular formula is C9H16O2. The van der Waals surface area contributed by atoms with Gasteiger partial charge in [0.15, 0.2) is 0 Å². The second-order valence-corrected chi connectivity index (χ2v) is 3.76. The molecule has 1 atom stereocenters. The van der Waals surface area contributed by atoms with Gasteiger partial charge in [0, 0.05) is 5.41 Å². The van der Waals surface area contributed by atoms with Crippen LogP contribution in [0.25, 0.3) is 0 Å². The lowest BCUT2D eigenvalue weighted by Crippen LogP contribution is -2.26. The highest BCUT2D eigenvalue weighted by atomic mass is 16.3. The third-order valence-electron chi connectivity index (χ3n) is 2.71. The summed E-state index contributed by atoms with van der Waals surface area (Å²) in [5, 5.41) is 18.1. The predicted molar refractivity (Wildman–Crippen MR) is 44.1 cm³/mol. The molecule has 0 aromatic rings. The predicted octanol–water partition coefficient (Wildman–Crippen LogP) is 0.944. The van der Waals surface area contributed by atoms with Crippen molar-refractivity contribution in [1.82, 2.24) is 0 Å². The standard InChI is InChI=1S/C9H16O2/c1-7-3-9(5-10,6-11)4-8(7)2/h8,10-11H,1,3-6H2,2H3. The van der Waals surface area contributed by atoms with Gasteiger partial charge < -0.3 is 10.2 Å². The summed E-state index contributed by atoms with van der Waals surface area (Å²) in [6.45, 7) is 6.15. The van der Waals surface area contributed by atoms with Crippen molar-refractivity contribution in [3.05, 3.63) is 12.2 Å². The van der Waals surface area contributed by atoms with Crippen LogP contribution < -0.4 is 0 Å². The Balaban J connectivity index is 2.68. The molecule has 0 aromatic carbocycles. The summed E-state index contributed by atoms with van der Waals surface area (Å²) in [5.41, 5.74) is 0.893. The first-order chi connectivity index (χ1) is 5.13. The van der Waals surface area contributed by atoms with Crippen LogP contribution in [0, 0.1) is 11.3 Å². The molecule has 2 nitrogen and oxygen atoms in total. The van der Waals surface area contributed by atoms with Crippen molar-refractivity contribution in [2.75, 3.05) is 13.2 Å². The molecule has 1 unspecified atom stereocenters. The molecule has 1 saturated carbocycles. The molecule has 2 heteroatoms. The van der Waals surface area contributed by atoms with Gasteiger partial charge >= 0.3 is 0 Å². The van der Waals surface area contributed by atoms with Crippen LogP contribution in [0.4, 0.5) is 0 Å². The Morgan fingerprint density at radius 1 is 1.55 bits per heavy atom. The smallest absolute Gasteiger partial charge is 0.0512 e. The SMILES string of the molecule is C=C1CC(CO)(CO)CC1C. The summed E-state index contributed by atoms with van der Waals surface area (Å²) in [4.78, 5) is 0. The van der Waals surface area contributed by atoms with Crippen LogP contribution in [0.2, 0.25) is 0 Å². The minimum absolute atomic E-state index is 0.0763. The van der Waals surface area contributed by atoms with E-state index in [2.05, 4.69) is 13.5 Å². The van der Waals surface area contributed by atoms with Gasteiger partial charge in [0.25, 0.3) is 0 Å². The van der Waals surface area contributed by atoms with E-state index in [-0.39, 0.29) is 18.6 Å². The lowest BCUT2D eigenvalue weighted by Gasteiger charge is -2.22. The zero-order valence-electron chi connectivity index (χ0n) is 7.01. The molecule has 11 heavy (non-hydrogen) atoms. The van der Waals surface area contributed by atoms with Crippen LogP contribution in [-0.2, 0) is 0 Å². The molecule has 1 aliphatic rings. The number of aliphatic hydroxyl groups is 2. The third-order valence-corrected chi connectivity index (χ3v) is 2.71. The van der Waals surface area contributed by atoms with Crippen LogP contribution >= 0.6 is 0 Å². The van der Waals surface area contributed by atoms with E-state index in [0.717, 1.165) is 18.4 Å². The fraction of sp³-hybridized carbons (Fsp3) is 0.778. The van der Waals surface area contributed by atoms with Gasteiger partial charge in [-0.2, -0.15) is 0 Å². The van der Waals surface area contributed by atoms with Crippen molar-refractivity contribution in [2.24, 2.45) is 11.3 Å². The summed E-state index contributed by atoms with van der Waals surface area (Å²) in [5.74, 6) is 0.453. The first kappa shape index (κ1) is 8.75. The Labute approximate surface area is 67.6 Å². The molecule has 2 N–H and O–H groups in total. The molecule has 0 bridgehead atoms.